The minimum atomic E-state index is -1.27. The molecule has 1 aromatic heterocycles. The summed E-state index contributed by atoms with van der Waals surface area (Å²) in [6, 6.07) is -0.131. The number of nitrogens with one attached hydrogen (secondary N) is 2. The van der Waals surface area contributed by atoms with Gasteiger partial charge in [0.1, 0.15) is 11.8 Å². The number of hydrogen-bond acceptors (Lipinski definition) is 5. The van der Waals surface area contributed by atoms with E-state index in [1.165, 1.54) is 0 Å². The van der Waals surface area contributed by atoms with Gasteiger partial charge in [0.2, 0.25) is 5.78 Å². The Morgan fingerprint density at radius 2 is 2.25 bits per heavy atom. The zero-order valence-electron chi connectivity index (χ0n) is 13.2. The van der Waals surface area contributed by atoms with Gasteiger partial charge in [-0.2, -0.15) is 0 Å². The van der Waals surface area contributed by atoms with E-state index in [9.17, 15) is 15.0 Å². The van der Waals surface area contributed by atoms with E-state index in [1.54, 1.807) is 6.08 Å². The lowest BCUT2D eigenvalue weighted by Gasteiger charge is -2.62. The Morgan fingerprint density at radius 3 is 3.12 bits per heavy atom. The number of carbonyl (C=O) groups is 1. The first-order valence-corrected chi connectivity index (χ1v) is 8.65. The van der Waals surface area contributed by atoms with E-state index < -0.39 is 11.8 Å². The van der Waals surface area contributed by atoms with Gasteiger partial charge in [-0.15, -0.1) is 0 Å². The Labute approximate surface area is 138 Å². The second-order valence-electron chi connectivity index (χ2n) is 7.76. The molecule has 6 rings (SSSR count). The topological polar surface area (TPSA) is 88.6 Å². The summed E-state index contributed by atoms with van der Waals surface area (Å²) in [7, 11) is 0. The van der Waals surface area contributed by atoms with Gasteiger partial charge in [-0.05, 0) is 24.0 Å². The first kappa shape index (κ1) is 13.4. The molecule has 6 heteroatoms. The molecule has 0 saturated carbocycles. The Hall–Kier alpha value is -1.89. The number of aromatic nitrogens is 1. The van der Waals surface area contributed by atoms with Crippen molar-refractivity contribution in [3.8, 4) is 0 Å². The van der Waals surface area contributed by atoms with Crippen LogP contribution < -0.4 is 5.32 Å². The van der Waals surface area contributed by atoms with Crippen LogP contribution in [0.5, 0.6) is 0 Å². The third-order valence-corrected chi connectivity index (χ3v) is 6.76. The van der Waals surface area contributed by atoms with Gasteiger partial charge in [0.25, 0.3) is 0 Å². The van der Waals surface area contributed by atoms with Crippen molar-refractivity contribution in [1.82, 2.24) is 15.2 Å². The number of H-pyrrole nitrogens is 1. The Balaban J connectivity index is 1.73. The van der Waals surface area contributed by atoms with Gasteiger partial charge in [0.05, 0.1) is 17.4 Å². The molecule has 1 aromatic rings. The fraction of sp³-hybridized carbons (Fsp3) is 0.500. The predicted octanol–water partition coefficient (Wildman–Crippen LogP) is 0.367. The Bertz CT molecular complexity index is 869. The molecule has 5 aliphatic rings. The summed E-state index contributed by atoms with van der Waals surface area (Å²) in [4.78, 5) is 18.2. The SMILES string of the molecule is O=C1C2=C3C4c5c(c[nH]c51)CCN4C1(O)CC3(C=CC1O)CCN2. The molecule has 0 aromatic carbocycles. The predicted molar refractivity (Wildman–Crippen MR) is 85.1 cm³/mol. The maximum Gasteiger partial charge on any atom is 0.225 e. The molecule has 124 valence electrons. The summed E-state index contributed by atoms with van der Waals surface area (Å²) in [5, 5.41) is 25.3. The number of aromatic amines is 1. The highest BCUT2D eigenvalue weighted by Gasteiger charge is 2.63. The van der Waals surface area contributed by atoms with E-state index in [2.05, 4.69) is 10.3 Å². The summed E-state index contributed by atoms with van der Waals surface area (Å²) >= 11 is 0. The molecule has 6 nitrogen and oxygen atoms in total. The average molecular weight is 325 g/mol. The van der Waals surface area contributed by atoms with Gasteiger partial charge in [-0.25, -0.2) is 0 Å². The number of aliphatic hydroxyl groups excluding tert-OH is 1. The first-order chi connectivity index (χ1) is 11.6. The van der Waals surface area contributed by atoms with Crippen molar-refractivity contribution in [3.05, 3.63) is 46.4 Å². The van der Waals surface area contributed by atoms with E-state index >= 15 is 0 Å². The Morgan fingerprint density at radius 1 is 1.38 bits per heavy atom. The number of nitrogens with zero attached hydrogens (tertiary/aromatic N) is 1. The summed E-state index contributed by atoms with van der Waals surface area (Å²) in [5.74, 6) is 0.0355. The molecule has 1 fully saturated rings. The van der Waals surface area contributed by atoms with Crippen LogP contribution in [0, 0.1) is 5.41 Å². The van der Waals surface area contributed by atoms with Gasteiger partial charge in [-0.3, -0.25) is 9.69 Å². The van der Waals surface area contributed by atoms with Crippen molar-refractivity contribution in [1.29, 1.82) is 0 Å². The van der Waals surface area contributed by atoms with Crippen LogP contribution in [0.15, 0.2) is 29.6 Å². The summed E-state index contributed by atoms with van der Waals surface area (Å²) in [6.07, 6.45) is 6.87. The second-order valence-corrected chi connectivity index (χ2v) is 7.76. The maximum absolute atomic E-state index is 13.0. The average Bonchev–Trinajstić information content (AvgIpc) is 3.01. The number of Topliss-reactive ketones (excluding diaryl/α,β-unsaturated/α-hetero) is 1. The zero-order valence-corrected chi connectivity index (χ0v) is 13.2. The number of fused-ring (bicyclic) bond motifs is 2. The highest BCUT2D eigenvalue weighted by atomic mass is 16.4. The van der Waals surface area contributed by atoms with Crippen LogP contribution in [0.2, 0.25) is 0 Å². The fourth-order valence-corrected chi connectivity index (χ4v) is 5.74. The van der Waals surface area contributed by atoms with Crippen LogP contribution in [0.25, 0.3) is 0 Å². The molecule has 3 aliphatic heterocycles. The van der Waals surface area contributed by atoms with Gasteiger partial charge in [0, 0.05) is 36.7 Å². The van der Waals surface area contributed by atoms with Crippen LogP contribution in [0.4, 0.5) is 0 Å². The molecule has 0 amide bonds. The van der Waals surface area contributed by atoms with E-state index in [-0.39, 0.29) is 17.2 Å². The number of carbonyl (C=O) groups excluding carboxylic acids is 1. The lowest BCUT2D eigenvalue weighted by atomic mass is 9.56. The molecule has 4 heterocycles. The standard InChI is InChI=1S/C18H19N3O3/c22-10-1-3-17-4-5-19-14-12(17)15-11-9(7-20-13(11)16(14)23)2-6-21(15)18(10,24)8-17/h1,3,7,10,15,19-20,22,24H,2,4-6,8H2. The number of aliphatic hydroxyl groups is 2. The lowest BCUT2D eigenvalue weighted by molar-refractivity contribution is -0.217. The van der Waals surface area contributed by atoms with E-state index in [1.807, 2.05) is 17.2 Å². The zero-order chi connectivity index (χ0) is 16.3. The monoisotopic (exact) mass is 325 g/mol. The molecule has 4 atom stereocenters. The highest BCUT2D eigenvalue weighted by molar-refractivity contribution is 6.11. The van der Waals surface area contributed by atoms with Crippen LogP contribution in [-0.4, -0.2) is 50.8 Å². The van der Waals surface area contributed by atoms with Crippen LogP contribution >= 0.6 is 0 Å². The molecule has 0 radical (unpaired) electrons. The smallest absolute Gasteiger partial charge is 0.225 e. The molecule has 2 aliphatic carbocycles. The second kappa shape index (κ2) is 3.85. The maximum atomic E-state index is 13.0. The number of piperidine rings is 1. The molecule has 4 N–H and O–H groups in total. The van der Waals surface area contributed by atoms with Gasteiger partial charge in [0.15, 0.2) is 0 Å². The van der Waals surface area contributed by atoms with Crippen LogP contribution in [-0.2, 0) is 6.42 Å². The minimum absolute atomic E-state index is 0.0355. The van der Waals surface area contributed by atoms with Crippen molar-refractivity contribution in [2.45, 2.75) is 37.1 Å². The molecular weight excluding hydrogens is 306 g/mol. The summed E-state index contributed by atoms with van der Waals surface area (Å²) in [5.41, 5.74) is 3.01. The van der Waals surface area contributed by atoms with Gasteiger partial charge >= 0.3 is 0 Å². The normalized spacial score (nSPS) is 42.0. The first-order valence-electron chi connectivity index (χ1n) is 8.65. The molecule has 24 heavy (non-hydrogen) atoms. The largest absolute Gasteiger partial charge is 0.385 e. The van der Waals surface area contributed by atoms with Crippen molar-refractivity contribution < 1.29 is 15.0 Å². The molecule has 2 bridgehead atoms. The van der Waals surface area contributed by atoms with Crippen molar-refractivity contribution >= 4 is 5.78 Å². The van der Waals surface area contributed by atoms with Crippen molar-refractivity contribution in [3.63, 3.8) is 0 Å². The fourth-order valence-electron chi connectivity index (χ4n) is 5.74. The lowest BCUT2D eigenvalue weighted by Crippen LogP contribution is -2.68. The third kappa shape index (κ3) is 1.24. The number of allylic oxidation sites excluding steroid dienone is 2. The molecular formula is C18H19N3O3. The number of ketones is 1. The molecule has 1 saturated heterocycles. The number of rotatable bonds is 0. The quantitative estimate of drug-likeness (QED) is 0.518. The highest BCUT2D eigenvalue weighted by Crippen LogP contribution is 2.62. The van der Waals surface area contributed by atoms with Gasteiger partial charge < -0.3 is 20.5 Å². The van der Waals surface area contributed by atoms with E-state index in [0.29, 0.717) is 30.9 Å². The number of hydrogen-bond donors (Lipinski definition) is 4. The minimum Gasteiger partial charge on any atom is -0.385 e. The van der Waals surface area contributed by atoms with Gasteiger partial charge in [-0.1, -0.05) is 12.2 Å². The van der Waals surface area contributed by atoms with Crippen LogP contribution in [0.3, 0.4) is 0 Å². The summed E-state index contributed by atoms with van der Waals surface area (Å²) in [6.45, 7) is 1.38. The van der Waals surface area contributed by atoms with E-state index in [4.69, 9.17) is 0 Å². The summed E-state index contributed by atoms with van der Waals surface area (Å²) < 4.78 is 0. The molecule has 1 spiro atoms. The third-order valence-electron chi connectivity index (χ3n) is 6.76. The Kier molecular flexibility index (Phi) is 2.15. The molecule has 4 unspecified atom stereocenters. The van der Waals surface area contributed by atoms with Crippen molar-refractivity contribution in [2.75, 3.05) is 13.1 Å². The van der Waals surface area contributed by atoms with Crippen molar-refractivity contribution in [2.24, 2.45) is 5.41 Å². The van der Waals surface area contributed by atoms with Crippen LogP contribution in [0.1, 0.15) is 40.5 Å². The van der Waals surface area contributed by atoms with E-state index in [0.717, 1.165) is 29.5 Å².